The molecular formula is C16H27NO2. The van der Waals surface area contributed by atoms with Gasteiger partial charge in [-0.15, -0.1) is 0 Å². The van der Waals surface area contributed by atoms with Gasteiger partial charge in [0.1, 0.15) is 11.5 Å². The molecule has 1 aromatic carbocycles. The minimum absolute atomic E-state index is 0.728. The summed E-state index contributed by atoms with van der Waals surface area (Å²) >= 11 is 0. The van der Waals surface area contributed by atoms with Crippen LogP contribution in [-0.2, 0) is 6.42 Å². The molecule has 0 aliphatic heterocycles. The first kappa shape index (κ1) is 15.8. The van der Waals surface area contributed by atoms with Gasteiger partial charge in [-0.2, -0.15) is 0 Å². The van der Waals surface area contributed by atoms with Crippen LogP contribution in [0.4, 0.5) is 0 Å². The van der Waals surface area contributed by atoms with Gasteiger partial charge in [0.05, 0.1) is 14.2 Å². The number of aryl methyl sites for hydroxylation is 1. The van der Waals surface area contributed by atoms with Gasteiger partial charge < -0.3 is 14.8 Å². The smallest absolute Gasteiger partial charge is 0.125 e. The summed E-state index contributed by atoms with van der Waals surface area (Å²) in [4.78, 5) is 0. The maximum Gasteiger partial charge on any atom is 0.125 e. The molecule has 108 valence electrons. The van der Waals surface area contributed by atoms with Crippen LogP contribution in [0.2, 0.25) is 0 Å². The SMILES string of the molecule is CCNCCC(C)CCc1ccc(OC)cc1OC. The van der Waals surface area contributed by atoms with E-state index in [0.29, 0.717) is 0 Å². The van der Waals surface area contributed by atoms with E-state index in [4.69, 9.17) is 9.47 Å². The van der Waals surface area contributed by atoms with Crippen LogP contribution >= 0.6 is 0 Å². The third-order valence-corrected chi connectivity index (χ3v) is 3.46. The minimum atomic E-state index is 0.728. The van der Waals surface area contributed by atoms with E-state index >= 15 is 0 Å². The van der Waals surface area contributed by atoms with Crippen molar-refractivity contribution < 1.29 is 9.47 Å². The fourth-order valence-corrected chi connectivity index (χ4v) is 2.13. The standard InChI is InChI=1S/C16H27NO2/c1-5-17-11-10-13(2)6-7-14-8-9-15(18-3)12-16(14)19-4/h8-9,12-13,17H,5-7,10-11H2,1-4H3. The van der Waals surface area contributed by atoms with E-state index in [1.807, 2.05) is 12.1 Å². The van der Waals surface area contributed by atoms with Crippen molar-refractivity contribution in [2.75, 3.05) is 27.3 Å². The highest BCUT2D eigenvalue weighted by Gasteiger charge is 2.08. The molecule has 0 radical (unpaired) electrons. The molecule has 3 heteroatoms. The lowest BCUT2D eigenvalue weighted by molar-refractivity contribution is 0.388. The Morgan fingerprint density at radius 1 is 1.16 bits per heavy atom. The van der Waals surface area contributed by atoms with Gasteiger partial charge in [-0.25, -0.2) is 0 Å². The lowest BCUT2D eigenvalue weighted by Gasteiger charge is -2.14. The molecular weight excluding hydrogens is 238 g/mol. The van der Waals surface area contributed by atoms with Crippen LogP contribution in [0, 0.1) is 5.92 Å². The molecule has 0 saturated heterocycles. The van der Waals surface area contributed by atoms with Crippen LogP contribution in [-0.4, -0.2) is 27.3 Å². The van der Waals surface area contributed by atoms with Gasteiger partial charge in [0.15, 0.2) is 0 Å². The van der Waals surface area contributed by atoms with Crippen LogP contribution in [0.3, 0.4) is 0 Å². The zero-order valence-corrected chi connectivity index (χ0v) is 12.7. The number of nitrogens with one attached hydrogen (secondary N) is 1. The summed E-state index contributed by atoms with van der Waals surface area (Å²) in [6, 6.07) is 6.06. The van der Waals surface area contributed by atoms with Crippen molar-refractivity contribution in [3.05, 3.63) is 23.8 Å². The van der Waals surface area contributed by atoms with Crippen molar-refractivity contribution in [1.29, 1.82) is 0 Å². The highest BCUT2D eigenvalue weighted by molar-refractivity contribution is 5.40. The Kier molecular flexibility index (Phi) is 7.34. The number of ether oxygens (including phenoxy) is 2. The highest BCUT2D eigenvalue weighted by atomic mass is 16.5. The number of hydrogen-bond donors (Lipinski definition) is 1. The average Bonchev–Trinajstić information content (AvgIpc) is 2.45. The maximum atomic E-state index is 5.43. The molecule has 1 aromatic rings. The molecule has 0 aliphatic rings. The second kappa shape index (κ2) is 8.81. The van der Waals surface area contributed by atoms with Crippen LogP contribution in [0.5, 0.6) is 11.5 Å². The lowest BCUT2D eigenvalue weighted by atomic mass is 9.97. The molecule has 0 saturated carbocycles. The summed E-state index contributed by atoms with van der Waals surface area (Å²) in [7, 11) is 3.39. The first-order valence-electron chi connectivity index (χ1n) is 7.12. The number of hydrogen-bond acceptors (Lipinski definition) is 3. The van der Waals surface area contributed by atoms with E-state index in [2.05, 4.69) is 25.2 Å². The molecule has 0 aliphatic carbocycles. The molecule has 0 heterocycles. The first-order valence-corrected chi connectivity index (χ1v) is 7.12. The monoisotopic (exact) mass is 265 g/mol. The predicted molar refractivity (Wildman–Crippen MR) is 80.2 cm³/mol. The number of benzene rings is 1. The van der Waals surface area contributed by atoms with Crippen LogP contribution in [0.25, 0.3) is 0 Å². The summed E-state index contributed by atoms with van der Waals surface area (Å²) in [5.74, 6) is 2.50. The normalized spacial score (nSPS) is 12.2. The molecule has 19 heavy (non-hydrogen) atoms. The van der Waals surface area contributed by atoms with E-state index in [1.165, 1.54) is 18.4 Å². The Balaban J connectivity index is 2.47. The number of methoxy groups -OCH3 is 2. The van der Waals surface area contributed by atoms with Crippen molar-refractivity contribution in [3.8, 4) is 11.5 Å². The van der Waals surface area contributed by atoms with E-state index < -0.39 is 0 Å². The third kappa shape index (κ3) is 5.52. The molecule has 1 unspecified atom stereocenters. The average molecular weight is 265 g/mol. The topological polar surface area (TPSA) is 30.5 Å². The molecule has 0 amide bonds. The highest BCUT2D eigenvalue weighted by Crippen LogP contribution is 2.26. The van der Waals surface area contributed by atoms with Crippen LogP contribution < -0.4 is 14.8 Å². The Labute approximate surface area is 117 Å². The fraction of sp³-hybridized carbons (Fsp3) is 0.625. The summed E-state index contributed by atoms with van der Waals surface area (Å²) in [5, 5.41) is 3.37. The maximum absolute atomic E-state index is 5.43. The van der Waals surface area contributed by atoms with Gasteiger partial charge in [0.2, 0.25) is 0 Å². The van der Waals surface area contributed by atoms with Crippen molar-refractivity contribution in [3.63, 3.8) is 0 Å². The largest absolute Gasteiger partial charge is 0.497 e. The molecule has 1 atom stereocenters. The molecule has 1 rings (SSSR count). The van der Waals surface area contributed by atoms with E-state index in [-0.39, 0.29) is 0 Å². The summed E-state index contributed by atoms with van der Waals surface area (Å²) in [6.45, 7) is 6.62. The zero-order valence-electron chi connectivity index (χ0n) is 12.7. The van der Waals surface area contributed by atoms with Crippen molar-refractivity contribution >= 4 is 0 Å². The van der Waals surface area contributed by atoms with Gasteiger partial charge in [0, 0.05) is 6.07 Å². The quantitative estimate of drug-likeness (QED) is 0.695. The van der Waals surface area contributed by atoms with Crippen molar-refractivity contribution in [1.82, 2.24) is 5.32 Å². The second-order valence-corrected chi connectivity index (χ2v) is 4.96. The molecule has 0 aromatic heterocycles. The molecule has 0 bridgehead atoms. The van der Waals surface area contributed by atoms with E-state index in [1.54, 1.807) is 14.2 Å². The molecule has 0 spiro atoms. The fourth-order valence-electron chi connectivity index (χ4n) is 2.13. The minimum Gasteiger partial charge on any atom is -0.497 e. The van der Waals surface area contributed by atoms with Crippen molar-refractivity contribution in [2.45, 2.75) is 33.1 Å². The van der Waals surface area contributed by atoms with E-state index in [9.17, 15) is 0 Å². The number of rotatable bonds is 9. The predicted octanol–water partition coefficient (Wildman–Crippen LogP) is 3.27. The van der Waals surface area contributed by atoms with Gasteiger partial charge in [-0.3, -0.25) is 0 Å². The van der Waals surface area contributed by atoms with Crippen molar-refractivity contribution in [2.24, 2.45) is 5.92 Å². The Hall–Kier alpha value is -1.22. The van der Waals surface area contributed by atoms with Crippen LogP contribution in [0.15, 0.2) is 18.2 Å². The molecule has 0 fully saturated rings. The Morgan fingerprint density at radius 2 is 1.95 bits per heavy atom. The Morgan fingerprint density at radius 3 is 2.58 bits per heavy atom. The lowest BCUT2D eigenvalue weighted by Crippen LogP contribution is -2.16. The summed E-state index contributed by atoms with van der Waals surface area (Å²) < 4.78 is 10.6. The summed E-state index contributed by atoms with van der Waals surface area (Å²) in [5.41, 5.74) is 1.26. The van der Waals surface area contributed by atoms with Crippen LogP contribution in [0.1, 0.15) is 32.3 Å². The van der Waals surface area contributed by atoms with Gasteiger partial charge in [-0.1, -0.05) is 19.9 Å². The second-order valence-electron chi connectivity index (χ2n) is 4.96. The Bertz CT molecular complexity index is 366. The third-order valence-electron chi connectivity index (χ3n) is 3.46. The van der Waals surface area contributed by atoms with Gasteiger partial charge in [0.25, 0.3) is 0 Å². The molecule has 1 N–H and O–H groups in total. The zero-order chi connectivity index (χ0) is 14.1. The van der Waals surface area contributed by atoms with Gasteiger partial charge >= 0.3 is 0 Å². The van der Waals surface area contributed by atoms with Gasteiger partial charge in [-0.05, 0) is 49.9 Å². The first-order chi connectivity index (χ1) is 9.21. The van der Waals surface area contributed by atoms with E-state index in [0.717, 1.165) is 36.9 Å². The molecule has 3 nitrogen and oxygen atoms in total. The summed E-state index contributed by atoms with van der Waals surface area (Å²) in [6.07, 6.45) is 3.47.